The van der Waals surface area contributed by atoms with Gasteiger partial charge in [-0.15, -0.1) is 0 Å². The Morgan fingerprint density at radius 2 is 1.82 bits per heavy atom. The first-order chi connectivity index (χ1) is 10.5. The van der Waals surface area contributed by atoms with E-state index in [0.29, 0.717) is 17.8 Å². The zero-order chi connectivity index (χ0) is 15.9. The van der Waals surface area contributed by atoms with Gasteiger partial charge in [0.1, 0.15) is 0 Å². The zero-order valence-electron chi connectivity index (χ0n) is 12.2. The van der Waals surface area contributed by atoms with Crippen molar-refractivity contribution in [3.05, 3.63) is 64.1 Å². The minimum absolute atomic E-state index is 0.0284. The SMILES string of the molecule is CC(=O)c1cccc(NC(=O)NCCc2ccc(Br)cc2)c1. The van der Waals surface area contributed by atoms with Gasteiger partial charge in [0.15, 0.2) is 5.78 Å². The molecule has 0 fully saturated rings. The molecule has 0 bridgehead atoms. The summed E-state index contributed by atoms with van der Waals surface area (Å²) in [5.74, 6) is -0.0284. The third-order valence-electron chi connectivity index (χ3n) is 3.14. The van der Waals surface area contributed by atoms with Crippen molar-refractivity contribution < 1.29 is 9.59 Å². The molecule has 0 spiro atoms. The Hall–Kier alpha value is -2.14. The monoisotopic (exact) mass is 360 g/mol. The molecule has 0 aliphatic heterocycles. The van der Waals surface area contributed by atoms with Crippen molar-refractivity contribution in [2.24, 2.45) is 0 Å². The van der Waals surface area contributed by atoms with Gasteiger partial charge >= 0.3 is 6.03 Å². The maximum absolute atomic E-state index is 11.8. The van der Waals surface area contributed by atoms with Crippen molar-refractivity contribution in [3.63, 3.8) is 0 Å². The second-order valence-electron chi connectivity index (χ2n) is 4.89. The fraction of sp³-hybridized carbons (Fsp3) is 0.176. The van der Waals surface area contributed by atoms with Crippen molar-refractivity contribution in [2.75, 3.05) is 11.9 Å². The van der Waals surface area contributed by atoms with E-state index in [4.69, 9.17) is 0 Å². The van der Waals surface area contributed by atoms with Gasteiger partial charge in [0.25, 0.3) is 0 Å². The van der Waals surface area contributed by atoms with Gasteiger partial charge in [0, 0.05) is 22.3 Å². The highest BCUT2D eigenvalue weighted by molar-refractivity contribution is 9.10. The van der Waals surface area contributed by atoms with Crippen LogP contribution in [0.1, 0.15) is 22.8 Å². The highest BCUT2D eigenvalue weighted by Crippen LogP contribution is 2.12. The molecule has 22 heavy (non-hydrogen) atoms. The van der Waals surface area contributed by atoms with Crippen LogP contribution >= 0.6 is 15.9 Å². The van der Waals surface area contributed by atoms with Crippen LogP contribution in [0.15, 0.2) is 53.0 Å². The summed E-state index contributed by atoms with van der Waals surface area (Å²) in [4.78, 5) is 23.1. The van der Waals surface area contributed by atoms with Crippen molar-refractivity contribution >= 4 is 33.4 Å². The first-order valence-electron chi connectivity index (χ1n) is 6.95. The van der Waals surface area contributed by atoms with E-state index in [9.17, 15) is 9.59 Å². The van der Waals surface area contributed by atoms with Crippen molar-refractivity contribution in [1.29, 1.82) is 0 Å². The molecule has 2 N–H and O–H groups in total. The van der Waals surface area contributed by atoms with Crippen LogP contribution < -0.4 is 10.6 Å². The average Bonchev–Trinajstić information content (AvgIpc) is 2.49. The summed E-state index contributed by atoms with van der Waals surface area (Å²) >= 11 is 3.39. The molecule has 2 aromatic carbocycles. The zero-order valence-corrected chi connectivity index (χ0v) is 13.8. The molecule has 114 valence electrons. The second-order valence-corrected chi connectivity index (χ2v) is 5.81. The smallest absolute Gasteiger partial charge is 0.319 e. The number of amides is 2. The molecule has 0 saturated heterocycles. The Morgan fingerprint density at radius 1 is 1.09 bits per heavy atom. The van der Waals surface area contributed by atoms with Crippen LogP contribution in [-0.2, 0) is 6.42 Å². The van der Waals surface area contributed by atoms with Crippen LogP contribution in [-0.4, -0.2) is 18.4 Å². The Balaban J connectivity index is 1.81. The molecule has 5 heteroatoms. The van der Waals surface area contributed by atoms with Gasteiger partial charge in [-0.1, -0.05) is 40.2 Å². The molecule has 0 atom stereocenters. The van der Waals surface area contributed by atoms with Crippen molar-refractivity contribution in [1.82, 2.24) is 5.32 Å². The third kappa shape index (κ3) is 5.00. The Bertz CT molecular complexity index is 669. The van der Waals surface area contributed by atoms with Gasteiger partial charge in [-0.05, 0) is 43.2 Å². The van der Waals surface area contributed by atoms with Crippen molar-refractivity contribution in [2.45, 2.75) is 13.3 Å². The summed E-state index contributed by atoms with van der Waals surface area (Å²) in [5, 5.41) is 5.52. The van der Waals surface area contributed by atoms with E-state index in [1.165, 1.54) is 6.92 Å². The summed E-state index contributed by atoms with van der Waals surface area (Å²) in [6.07, 6.45) is 0.758. The van der Waals surface area contributed by atoms with Gasteiger partial charge in [0.05, 0.1) is 0 Å². The predicted octanol–water partition coefficient (Wildman–Crippen LogP) is 4.02. The number of hydrogen-bond donors (Lipinski definition) is 2. The lowest BCUT2D eigenvalue weighted by atomic mass is 10.1. The van der Waals surface area contributed by atoms with Crippen LogP contribution in [0.25, 0.3) is 0 Å². The van der Waals surface area contributed by atoms with E-state index in [-0.39, 0.29) is 11.8 Å². The van der Waals surface area contributed by atoms with Gasteiger partial charge in [-0.25, -0.2) is 4.79 Å². The molecule has 0 aliphatic carbocycles. The standard InChI is InChI=1S/C17H17BrN2O2/c1-12(21)14-3-2-4-16(11-14)20-17(22)19-10-9-13-5-7-15(18)8-6-13/h2-8,11H,9-10H2,1H3,(H2,19,20,22). The lowest BCUT2D eigenvalue weighted by molar-refractivity contribution is 0.101. The summed E-state index contributed by atoms with van der Waals surface area (Å²) < 4.78 is 1.03. The highest BCUT2D eigenvalue weighted by atomic mass is 79.9. The van der Waals surface area contributed by atoms with E-state index in [1.807, 2.05) is 24.3 Å². The molecule has 2 aromatic rings. The average molecular weight is 361 g/mol. The Labute approximate surface area is 138 Å². The largest absolute Gasteiger partial charge is 0.338 e. The fourth-order valence-electron chi connectivity index (χ4n) is 1.96. The Morgan fingerprint density at radius 3 is 2.50 bits per heavy atom. The van der Waals surface area contributed by atoms with Crippen LogP contribution in [0.4, 0.5) is 10.5 Å². The minimum Gasteiger partial charge on any atom is -0.338 e. The lowest BCUT2D eigenvalue weighted by Gasteiger charge is -2.08. The lowest BCUT2D eigenvalue weighted by Crippen LogP contribution is -2.30. The molecular weight excluding hydrogens is 344 g/mol. The van der Waals surface area contributed by atoms with Gasteiger partial charge in [0.2, 0.25) is 0 Å². The first-order valence-corrected chi connectivity index (χ1v) is 7.74. The maximum Gasteiger partial charge on any atom is 0.319 e. The van der Waals surface area contributed by atoms with Crippen molar-refractivity contribution in [3.8, 4) is 0 Å². The normalized spacial score (nSPS) is 10.1. The number of rotatable bonds is 5. The van der Waals surface area contributed by atoms with E-state index in [2.05, 4.69) is 26.6 Å². The first kappa shape index (κ1) is 16.2. The maximum atomic E-state index is 11.8. The number of nitrogens with one attached hydrogen (secondary N) is 2. The Kier molecular flexibility index (Phi) is 5.72. The third-order valence-corrected chi connectivity index (χ3v) is 3.67. The number of carbonyl (C=O) groups is 2. The molecule has 2 amide bonds. The molecular formula is C17H17BrN2O2. The number of carbonyl (C=O) groups excluding carboxylic acids is 2. The summed E-state index contributed by atoms with van der Waals surface area (Å²) in [5.41, 5.74) is 2.34. The van der Waals surface area contributed by atoms with E-state index >= 15 is 0 Å². The molecule has 0 heterocycles. The molecule has 2 rings (SSSR count). The summed E-state index contributed by atoms with van der Waals surface area (Å²) in [6.45, 7) is 2.04. The highest BCUT2D eigenvalue weighted by Gasteiger charge is 2.04. The predicted molar refractivity (Wildman–Crippen MR) is 91.3 cm³/mol. The fourth-order valence-corrected chi connectivity index (χ4v) is 2.23. The topological polar surface area (TPSA) is 58.2 Å². The van der Waals surface area contributed by atoms with E-state index < -0.39 is 0 Å². The minimum atomic E-state index is -0.280. The molecule has 0 aromatic heterocycles. The van der Waals surface area contributed by atoms with Crippen LogP contribution in [0.5, 0.6) is 0 Å². The molecule has 0 unspecified atom stereocenters. The number of Topliss-reactive ketones (excluding diaryl/α,β-unsaturated/α-hetero) is 1. The van der Waals surface area contributed by atoms with Crippen LogP contribution in [0.2, 0.25) is 0 Å². The van der Waals surface area contributed by atoms with Crippen LogP contribution in [0, 0.1) is 0 Å². The number of ketones is 1. The summed E-state index contributed by atoms with van der Waals surface area (Å²) in [6, 6.07) is 14.6. The van der Waals surface area contributed by atoms with Gasteiger partial charge in [-0.2, -0.15) is 0 Å². The van der Waals surface area contributed by atoms with Gasteiger partial charge < -0.3 is 10.6 Å². The number of urea groups is 1. The number of halogens is 1. The summed E-state index contributed by atoms with van der Waals surface area (Å²) in [7, 11) is 0. The second kappa shape index (κ2) is 7.75. The van der Waals surface area contributed by atoms with E-state index in [0.717, 1.165) is 16.5 Å². The molecule has 0 radical (unpaired) electrons. The number of anilines is 1. The molecule has 0 aliphatic rings. The van der Waals surface area contributed by atoms with Gasteiger partial charge in [-0.3, -0.25) is 4.79 Å². The molecule has 0 saturated carbocycles. The number of hydrogen-bond acceptors (Lipinski definition) is 2. The number of benzene rings is 2. The van der Waals surface area contributed by atoms with Crippen LogP contribution in [0.3, 0.4) is 0 Å². The quantitative estimate of drug-likeness (QED) is 0.791. The van der Waals surface area contributed by atoms with E-state index in [1.54, 1.807) is 24.3 Å². The molecule has 4 nitrogen and oxygen atoms in total.